The number of ketones is 1. The average molecular weight is 261 g/mol. The van der Waals surface area contributed by atoms with Crippen molar-refractivity contribution >= 4 is 17.1 Å². The van der Waals surface area contributed by atoms with Gasteiger partial charge >= 0.3 is 0 Å². The minimum absolute atomic E-state index is 0.0512. The Kier molecular flexibility index (Phi) is 3.89. The molecular formula is C14H15NO2S. The van der Waals surface area contributed by atoms with E-state index in [1.165, 1.54) is 11.3 Å². The number of hydrogen-bond acceptors (Lipinski definition) is 4. The maximum absolute atomic E-state index is 12.0. The molecule has 0 saturated carbocycles. The number of carbonyl (C=O) groups excluding carboxylic acids is 1. The summed E-state index contributed by atoms with van der Waals surface area (Å²) in [5.41, 5.74) is 1.01. The van der Waals surface area contributed by atoms with E-state index >= 15 is 0 Å². The second-order valence-electron chi connectivity index (χ2n) is 4.29. The molecule has 1 N–H and O–H groups in total. The molecule has 2 rings (SSSR count). The summed E-state index contributed by atoms with van der Waals surface area (Å²) >= 11 is 1.37. The quantitative estimate of drug-likeness (QED) is 0.861. The van der Waals surface area contributed by atoms with Gasteiger partial charge in [0.25, 0.3) is 0 Å². The Morgan fingerprint density at radius 2 is 1.94 bits per heavy atom. The number of carbonyl (C=O) groups is 1. The monoisotopic (exact) mass is 261 g/mol. The van der Waals surface area contributed by atoms with Crippen LogP contribution >= 0.6 is 11.3 Å². The summed E-state index contributed by atoms with van der Waals surface area (Å²) in [5, 5.41) is 10.3. The lowest BCUT2D eigenvalue weighted by Gasteiger charge is -2.11. The number of nitrogens with zero attached hydrogens (tertiary/aromatic N) is 1. The van der Waals surface area contributed by atoms with Crippen LogP contribution in [0, 0.1) is 5.92 Å². The van der Waals surface area contributed by atoms with Gasteiger partial charge in [-0.15, -0.1) is 11.3 Å². The van der Waals surface area contributed by atoms with Crippen LogP contribution in [0.5, 0.6) is 0 Å². The molecule has 0 aliphatic rings. The first kappa shape index (κ1) is 12.9. The molecule has 0 aliphatic heterocycles. The van der Waals surface area contributed by atoms with E-state index in [1.54, 1.807) is 20.0 Å². The van der Waals surface area contributed by atoms with Gasteiger partial charge in [0.2, 0.25) is 0 Å². The normalized spacial score (nSPS) is 14.2. The Bertz CT molecular complexity index is 534. The number of hydrogen-bond donors (Lipinski definition) is 1. The van der Waals surface area contributed by atoms with Crippen molar-refractivity contribution in [3.8, 4) is 10.6 Å². The molecular weight excluding hydrogens is 246 g/mol. The Morgan fingerprint density at radius 1 is 1.28 bits per heavy atom. The molecule has 1 aromatic carbocycles. The van der Waals surface area contributed by atoms with E-state index in [0.29, 0.717) is 4.88 Å². The van der Waals surface area contributed by atoms with Crippen LogP contribution in [0.4, 0.5) is 0 Å². The van der Waals surface area contributed by atoms with Crippen LogP contribution in [0.15, 0.2) is 36.5 Å². The molecule has 2 atom stereocenters. The first-order chi connectivity index (χ1) is 8.59. The molecule has 2 aromatic rings. The summed E-state index contributed by atoms with van der Waals surface area (Å²) in [4.78, 5) is 16.9. The zero-order valence-electron chi connectivity index (χ0n) is 10.3. The average Bonchev–Trinajstić information content (AvgIpc) is 2.87. The molecule has 0 amide bonds. The summed E-state index contributed by atoms with van der Waals surface area (Å²) in [6, 6.07) is 9.75. The molecule has 0 fully saturated rings. The van der Waals surface area contributed by atoms with Gasteiger partial charge in [-0.25, -0.2) is 4.98 Å². The second kappa shape index (κ2) is 5.42. The number of Topliss-reactive ketones (excluding diaryl/α,β-unsaturated/α-hetero) is 1. The van der Waals surface area contributed by atoms with Crippen molar-refractivity contribution in [3.05, 3.63) is 41.4 Å². The smallest absolute Gasteiger partial charge is 0.179 e. The summed E-state index contributed by atoms with van der Waals surface area (Å²) in [7, 11) is 0. The third-order valence-corrected chi connectivity index (χ3v) is 3.97. The van der Waals surface area contributed by atoms with Crippen molar-refractivity contribution < 1.29 is 9.90 Å². The van der Waals surface area contributed by atoms with Gasteiger partial charge in [-0.1, -0.05) is 37.3 Å². The molecule has 0 saturated heterocycles. The fourth-order valence-corrected chi connectivity index (χ4v) is 2.51. The van der Waals surface area contributed by atoms with Gasteiger partial charge < -0.3 is 5.11 Å². The van der Waals surface area contributed by atoms with Gasteiger partial charge in [-0.3, -0.25) is 4.79 Å². The Morgan fingerprint density at radius 3 is 2.56 bits per heavy atom. The van der Waals surface area contributed by atoms with Crippen molar-refractivity contribution in [3.63, 3.8) is 0 Å². The highest BCUT2D eigenvalue weighted by atomic mass is 32.1. The molecule has 0 bridgehead atoms. The van der Waals surface area contributed by atoms with Crippen LogP contribution in [0.3, 0.4) is 0 Å². The molecule has 3 nitrogen and oxygen atoms in total. The fourth-order valence-electron chi connectivity index (χ4n) is 1.55. The number of aliphatic hydroxyl groups is 1. The predicted molar refractivity (Wildman–Crippen MR) is 72.7 cm³/mol. The first-order valence-corrected chi connectivity index (χ1v) is 6.64. The molecule has 94 valence electrons. The van der Waals surface area contributed by atoms with E-state index in [9.17, 15) is 9.90 Å². The molecule has 0 spiro atoms. The van der Waals surface area contributed by atoms with Crippen LogP contribution in [-0.2, 0) is 0 Å². The lowest BCUT2D eigenvalue weighted by atomic mass is 10.0. The number of rotatable bonds is 4. The van der Waals surface area contributed by atoms with Crippen LogP contribution in [0.2, 0.25) is 0 Å². The van der Waals surface area contributed by atoms with Gasteiger partial charge in [0.05, 0.1) is 11.0 Å². The van der Waals surface area contributed by atoms with E-state index in [4.69, 9.17) is 0 Å². The third-order valence-electron chi connectivity index (χ3n) is 2.91. The highest BCUT2D eigenvalue weighted by Gasteiger charge is 2.22. The van der Waals surface area contributed by atoms with E-state index in [0.717, 1.165) is 10.6 Å². The van der Waals surface area contributed by atoms with Gasteiger partial charge in [-0.2, -0.15) is 0 Å². The summed E-state index contributed by atoms with van der Waals surface area (Å²) < 4.78 is 0. The van der Waals surface area contributed by atoms with Crippen molar-refractivity contribution in [2.24, 2.45) is 5.92 Å². The zero-order valence-corrected chi connectivity index (χ0v) is 11.1. The summed E-state index contributed by atoms with van der Waals surface area (Å²) in [6.07, 6.45) is 0.952. The minimum atomic E-state index is -0.639. The number of thiazole rings is 1. The summed E-state index contributed by atoms with van der Waals surface area (Å²) in [6.45, 7) is 3.36. The lowest BCUT2D eigenvalue weighted by Crippen LogP contribution is -2.22. The standard InChI is InChI=1S/C14H15NO2S/c1-9(10(2)16)13(17)12-8-15-14(18-12)11-6-4-3-5-7-11/h3-10,16H,1-2H3. The van der Waals surface area contributed by atoms with Crippen molar-refractivity contribution in [2.45, 2.75) is 20.0 Å². The first-order valence-electron chi connectivity index (χ1n) is 5.83. The minimum Gasteiger partial charge on any atom is -0.393 e. The van der Waals surface area contributed by atoms with Gasteiger partial charge in [0, 0.05) is 17.7 Å². The van der Waals surface area contributed by atoms with Gasteiger partial charge in [-0.05, 0) is 6.92 Å². The number of benzene rings is 1. The Hall–Kier alpha value is -1.52. The molecule has 2 unspecified atom stereocenters. The molecule has 18 heavy (non-hydrogen) atoms. The van der Waals surface area contributed by atoms with Crippen molar-refractivity contribution in [1.82, 2.24) is 4.98 Å². The van der Waals surface area contributed by atoms with E-state index in [1.807, 2.05) is 30.3 Å². The SMILES string of the molecule is CC(O)C(C)C(=O)c1cnc(-c2ccccc2)s1. The Labute approximate surface area is 110 Å². The van der Waals surface area contributed by atoms with Gasteiger partial charge in [0.15, 0.2) is 5.78 Å². The van der Waals surface area contributed by atoms with Gasteiger partial charge in [0.1, 0.15) is 5.01 Å². The van der Waals surface area contributed by atoms with Crippen LogP contribution in [0.1, 0.15) is 23.5 Å². The highest BCUT2D eigenvalue weighted by Crippen LogP contribution is 2.26. The largest absolute Gasteiger partial charge is 0.393 e. The van der Waals surface area contributed by atoms with E-state index < -0.39 is 12.0 Å². The maximum Gasteiger partial charge on any atom is 0.179 e. The zero-order chi connectivity index (χ0) is 13.1. The topological polar surface area (TPSA) is 50.2 Å². The molecule has 0 aliphatic carbocycles. The van der Waals surface area contributed by atoms with E-state index in [-0.39, 0.29) is 5.78 Å². The van der Waals surface area contributed by atoms with Crippen LogP contribution in [0.25, 0.3) is 10.6 Å². The maximum atomic E-state index is 12.0. The Balaban J connectivity index is 2.24. The number of aliphatic hydroxyl groups excluding tert-OH is 1. The predicted octanol–water partition coefficient (Wildman–Crippen LogP) is 3.01. The molecule has 0 radical (unpaired) electrons. The summed E-state index contributed by atoms with van der Waals surface area (Å²) in [5.74, 6) is -0.446. The van der Waals surface area contributed by atoms with Crippen LogP contribution in [-0.4, -0.2) is 22.0 Å². The molecule has 1 aromatic heterocycles. The number of aromatic nitrogens is 1. The van der Waals surface area contributed by atoms with Crippen molar-refractivity contribution in [2.75, 3.05) is 0 Å². The fraction of sp³-hybridized carbons (Fsp3) is 0.286. The molecule has 1 heterocycles. The van der Waals surface area contributed by atoms with Crippen molar-refractivity contribution in [1.29, 1.82) is 0 Å². The lowest BCUT2D eigenvalue weighted by molar-refractivity contribution is 0.0763. The second-order valence-corrected chi connectivity index (χ2v) is 5.32. The van der Waals surface area contributed by atoms with E-state index in [2.05, 4.69) is 4.98 Å². The third kappa shape index (κ3) is 2.66. The highest BCUT2D eigenvalue weighted by molar-refractivity contribution is 7.17. The van der Waals surface area contributed by atoms with Crippen LogP contribution < -0.4 is 0 Å². The molecule has 4 heteroatoms.